The number of halogens is 17. The van der Waals surface area contributed by atoms with Gasteiger partial charge in [0.2, 0.25) is 0 Å². The zero-order valence-electron chi connectivity index (χ0n) is 16.9. The summed E-state index contributed by atoms with van der Waals surface area (Å²) >= 11 is 0. The minimum atomic E-state index is -8.84. The molecule has 0 aromatic carbocycles. The van der Waals surface area contributed by atoms with Crippen LogP contribution in [-0.4, -0.2) is 85.5 Å². The van der Waals surface area contributed by atoms with Crippen molar-refractivity contribution in [2.75, 3.05) is 19.7 Å². The van der Waals surface area contributed by atoms with Crippen molar-refractivity contribution in [3.63, 3.8) is 0 Å². The molecule has 1 aliphatic rings. The van der Waals surface area contributed by atoms with Crippen LogP contribution in [0.2, 0.25) is 0 Å². The average Bonchev–Trinajstić information content (AvgIpc) is 3.49. The van der Waals surface area contributed by atoms with Crippen molar-refractivity contribution in [1.29, 1.82) is 0 Å². The van der Waals surface area contributed by atoms with E-state index in [1.807, 2.05) is 0 Å². The molecule has 0 bridgehead atoms. The predicted octanol–water partition coefficient (Wildman–Crippen LogP) is 5.39. The summed E-state index contributed by atoms with van der Waals surface area (Å²) in [5.74, 6) is -51.6. The highest BCUT2D eigenvalue weighted by Gasteiger charge is 2.96. The Morgan fingerprint density at radius 2 is 1.00 bits per heavy atom. The molecule has 216 valence electrons. The van der Waals surface area contributed by atoms with Gasteiger partial charge in [0.05, 0.1) is 12.7 Å². The maximum absolute atomic E-state index is 14.2. The molecule has 1 fully saturated rings. The topological polar surface area (TPSA) is 49.9 Å². The van der Waals surface area contributed by atoms with E-state index in [4.69, 9.17) is 0 Å². The van der Waals surface area contributed by atoms with Gasteiger partial charge in [0, 0.05) is 13.1 Å². The van der Waals surface area contributed by atoms with E-state index in [9.17, 15) is 83.1 Å². The second kappa shape index (κ2) is 8.87. The summed E-state index contributed by atoms with van der Waals surface area (Å²) in [6.45, 7) is -1.88. The molecule has 1 aliphatic heterocycles. The van der Waals surface area contributed by atoms with Crippen molar-refractivity contribution in [3.8, 4) is 0 Å². The van der Waals surface area contributed by atoms with E-state index >= 15 is 0 Å². The molecule has 1 heterocycles. The van der Waals surface area contributed by atoms with Gasteiger partial charge >= 0.3 is 47.0 Å². The molecule has 1 atom stereocenters. The molecule has 0 aromatic rings. The van der Waals surface area contributed by atoms with Gasteiger partial charge in [-0.05, 0) is 6.42 Å². The number of hydrogen-bond donors (Lipinski definition) is 0. The first kappa shape index (κ1) is 32.7. The van der Waals surface area contributed by atoms with Crippen LogP contribution in [0.15, 0.2) is 0 Å². The highest BCUT2D eigenvalue weighted by molar-refractivity contribution is 7.90. The molecule has 36 heavy (non-hydrogen) atoms. The Morgan fingerprint density at radius 3 is 1.31 bits per heavy atom. The van der Waals surface area contributed by atoms with Crippen LogP contribution in [-0.2, 0) is 14.8 Å². The largest absolute Gasteiger partial charge is 0.460 e. The Balaban J connectivity index is 3.69. The van der Waals surface area contributed by atoms with Crippen LogP contribution in [0.1, 0.15) is 13.3 Å². The fraction of sp³-hybridized carbons (Fsp3) is 1.00. The Labute approximate surface area is 189 Å². The molecule has 0 aliphatic carbocycles. The Bertz CT molecular complexity index is 910. The minimum absolute atomic E-state index is 0.388. The summed E-state index contributed by atoms with van der Waals surface area (Å²) in [6.07, 6.45) is -9.69. The zero-order chi connectivity index (χ0) is 29.2. The third-order valence-corrected chi connectivity index (χ3v) is 6.56. The molecule has 0 N–H and O–H groups in total. The van der Waals surface area contributed by atoms with E-state index in [1.54, 1.807) is 0 Å². The first-order chi connectivity index (χ1) is 15.5. The molecule has 1 rings (SSSR count). The monoisotopic (exact) mass is 597 g/mol. The van der Waals surface area contributed by atoms with Crippen LogP contribution in [0.4, 0.5) is 74.6 Å². The first-order valence-electron chi connectivity index (χ1n) is 8.86. The van der Waals surface area contributed by atoms with E-state index in [0.29, 0.717) is 0 Å². The second-order valence-corrected chi connectivity index (χ2v) is 9.26. The number of sulfonamides is 1. The number of hydrogen-bond acceptors (Lipinski definition) is 3. The van der Waals surface area contributed by atoms with Crippen LogP contribution in [0.25, 0.3) is 0 Å². The number of epoxide rings is 1. The molecular weight excluding hydrogens is 585 g/mol. The lowest BCUT2D eigenvalue weighted by Crippen LogP contribution is -2.75. The third-order valence-electron chi connectivity index (χ3n) is 4.64. The van der Waals surface area contributed by atoms with Crippen molar-refractivity contribution >= 4 is 10.0 Å². The summed E-state index contributed by atoms with van der Waals surface area (Å²) < 4.78 is 254. The normalized spacial score (nSPS) is 19.7. The van der Waals surface area contributed by atoms with E-state index in [-0.39, 0.29) is 6.61 Å². The lowest BCUT2D eigenvalue weighted by atomic mass is 9.91. The summed E-state index contributed by atoms with van der Waals surface area (Å²) in [4.78, 5) is 0. The minimum Gasteiger partial charge on any atom is -0.372 e. The fourth-order valence-corrected chi connectivity index (χ4v) is 4.00. The molecule has 0 aromatic heterocycles. The Morgan fingerprint density at radius 1 is 0.667 bits per heavy atom. The summed E-state index contributed by atoms with van der Waals surface area (Å²) in [5, 5.41) is -7.53. The fourth-order valence-electron chi connectivity index (χ4n) is 2.43. The SMILES string of the molecule is CCCN(C[C@@H]1CO1)S(=O)(=O)C(F)(F)C(F)(F)C(F)(F)C(F)(F)C(F)(F)C(F)(F)C(F)(F)C(F)(F)F. The molecule has 0 radical (unpaired) electrons. The maximum Gasteiger partial charge on any atom is 0.460 e. The molecular formula is C14H12F17NO3S. The standard InChI is InChI=1S/C14H12F17NO3S/c1-2-3-32(4-6-5-35-6)36(33,34)14(30,31)12(25,26)10(21,22)8(17,18)7(15,16)9(19,20)11(23,24)13(27,28)29/h6H,2-5H2,1H3/t6-/m1/s1. The average molecular weight is 597 g/mol. The Kier molecular flexibility index (Phi) is 8.06. The van der Waals surface area contributed by atoms with Gasteiger partial charge in [0.1, 0.15) is 0 Å². The number of ether oxygens (including phenoxy) is 1. The van der Waals surface area contributed by atoms with E-state index < -0.39 is 86.9 Å². The Hall–Kier alpha value is -1.32. The summed E-state index contributed by atoms with van der Waals surface area (Å²) in [6, 6.07) is 0. The predicted molar refractivity (Wildman–Crippen MR) is 81.2 cm³/mol. The van der Waals surface area contributed by atoms with Crippen LogP contribution >= 0.6 is 0 Å². The van der Waals surface area contributed by atoms with Gasteiger partial charge in [-0.25, -0.2) is 8.42 Å². The van der Waals surface area contributed by atoms with Gasteiger partial charge in [-0.15, -0.1) is 0 Å². The van der Waals surface area contributed by atoms with Crippen molar-refractivity contribution in [3.05, 3.63) is 0 Å². The van der Waals surface area contributed by atoms with Crippen LogP contribution in [0.3, 0.4) is 0 Å². The number of alkyl halides is 17. The van der Waals surface area contributed by atoms with Gasteiger partial charge in [0.15, 0.2) is 0 Å². The zero-order valence-corrected chi connectivity index (χ0v) is 17.7. The number of rotatable bonds is 12. The van der Waals surface area contributed by atoms with Crippen molar-refractivity contribution in [2.24, 2.45) is 0 Å². The van der Waals surface area contributed by atoms with Crippen LogP contribution < -0.4 is 0 Å². The molecule has 0 unspecified atom stereocenters. The summed E-state index contributed by atoms with van der Waals surface area (Å²) in [5.41, 5.74) is 0. The quantitative estimate of drug-likeness (QED) is 0.224. The molecule has 1 saturated heterocycles. The van der Waals surface area contributed by atoms with E-state index in [2.05, 4.69) is 4.74 Å². The molecule has 22 heteroatoms. The van der Waals surface area contributed by atoms with Gasteiger partial charge < -0.3 is 4.74 Å². The lowest BCUT2D eigenvalue weighted by Gasteiger charge is -2.43. The van der Waals surface area contributed by atoms with Crippen molar-refractivity contribution in [2.45, 2.75) is 66.4 Å². The summed E-state index contributed by atoms with van der Waals surface area (Å²) in [7, 11) is -7.26. The molecule has 0 spiro atoms. The molecule has 0 amide bonds. The van der Waals surface area contributed by atoms with Gasteiger partial charge in [-0.3, -0.25) is 0 Å². The second-order valence-electron chi connectivity index (χ2n) is 7.28. The maximum atomic E-state index is 14.2. The highest BCUT2D eigenvalue weighted by Crippen LogP contribution is 2.64. The van der Waals surface area contributed by atoms with E-state index in [0.717, 1.165) is 6.92 Å². The van der Waals surface area contributed by atoms with Crippen LogP contribution in [0.5, 0.6) is 0 Å². The lowest BCUT2D eigenvalue weighted by molar-refractivity contribution is -0.458. The van der Waals surface area contributed by atoms with Gasteiger partial charge in [0.25, 0.3) is 10.0 Å². The van der Waals surface area contributed by atoms with Gasteiger partial charge in [-0.1, -0.05) is 6.92 Å². The number of nitrogens with zero attached hydrogens (tertiary/aromatic N) is 1. The molecule has 4 nitrogen and oxygen atoms in total. The highest BCUT2D eigenvalue weighted by atomic mass is 32.2. The van der Waals surface area contributed by atoms with Crippen molar-refractivity contribution in [1.82, 2.24) is 4.31 Å². The van der Waals surface area contributed by atoms with Gasteiger partial charge in [-0.2, -0.15) is 78.9 Å². The van der Waals surface area contributed by atoms with E-state index in [1.165, 1.54) is 0 Å². The smallest absolute Gasteiger partial charge is 0.372 e. The van der Waals surface area contributed by atoms with Crippen LogP contribution in [0, 0.1) is 0 Å². The van der Waals surface area contributed by atoms with Crippen molar-refractivity contribution < 1.29 is 87.8 Å². The molecule has 0 saturated carbocycles. The first-order valence-corrected chi connectivity index (χ1v) is 10.3. The third kappa shape index (κ3) is 4.37.